The lowest BCUT2D eigenvalue weighted by Crippen LogP contribution is -2.48. The highest BCUT2D eigenvalue weighted by molar-refractivity contribution is 5.94. The maximum Gasteiger partial charge on any atom is 0.308 e. The Morgan fingerprint density at radius 2 is 1.74 bits per heavy atom. The lowest BCUT2D eigenvalue weighted by Gasteiger charge is -2.29. The molecule has 2 amide bonds. The number of amides is 2. The Kier molecular flexibility index (Phi) is 13.5. The summed E-state index contributed by atoms with van der Waals surface area (Å²) in [5.41, 5.74) is 6.09. The molecule has 0 bridgehead atoms. The van der Waals surface area contributed by atoms with Gasteiger partial charge in [0.25, 0.3) is 5.91 Å². The van der Waals surface area contributed by atoms with Crippen LogP contribution >= 0.6 is 0 Å². The van der Waals surface area contributed by atoms with Crippen molar-refractivity contribution in [3.05, 3.63) is 71.8 Å². The van der Waals surface area contributed by atoms with Gasteiger partial charge in [-0.1, -0.05) is 24.3 Å². The Morgan fingerprint density at radius 1 is 1.02 bits per heavy atom. The van der Waals surface area contributed by atoms with Gasteiger partial charge in [0.1, 0.15) is 11.5 Å². The van der Waals surface area contributed by atoms with E-state index < -0.39 is 53.4 Å². The summed E-state index contributed by atoms with van der Waals surface area (Å²) in [6.45, 7) is 4.90. The number of para-hydroxylation sites is 2. The number of benzene rings is 2. The summed E-state index contributed by atoms with van der Waals surface area (Å²) < 4.78 is 30.6. The molecule has 4 N–H and O–H groups in total. The third-order valence-electron chi connectivity index (χ3n) is 7.01. The van der Waals surface area contributed by atoms with Gasteiger partial charge in [-0.2, -0.15) is 0 Å². The van der Waals surface area contributed by atoms with Crippen LogP contribution in [-0.2, 0) is 35.0 Å². The molecule has 46 heavy (non-hydrogen) atoms. The van der Waals surface area contributed by atoms with Crippen molar-refractivity contribution in [1.82, 2.24) is 15.3 Å². The van der Waals surface area contributed by atoms with E-state index in [1.54, 1.807) is 51.1 Å². The zero-order valence-electron chi connectivity index (χ0n) is 26.2. The molecule has 3 rings (SSSR count). The molecule has 0 aliphatic rings. The Bertz CT molecular complexity index is 1500. The molecule has 1 heterocycles. The second kappa shape index (κ2) is 17.3. The van der Waals surface area contributed by atoms with Crippen molar-refractivity contribution in [2.45, 2.75) is 77.2 Å². The maximum atomic E-state index is 14.1. The molecule has 3 atom stereocenters. The second-order valence-electron chi connectivity index (χ2n) is 11.4. The predicted molar refractivity (Wildman–Crippen MR) is 165 cm³/mol. The van der Waals surface area contributed by atoms with Gasteiger partial charge < -0.3 is 30.4 Å². The summed E-state index contributed by atoms with van der Waals surface area (Å²) in [5.74, 6) is -3.81. The van der Waals surface area contributed by atoms with E-state index in [9.17, 15) is 28.7 Å². The van der Waals surface area contributed by atoms with E-state index in [-0.39, 0.29) is 51.0 Å². The minimum atomic E-state index is -1.43. The molecule has 0 aliphatic carbocycles. The third kappa shape index (κ3) is 12.1. The zero-order chi connectivity index (χ0) is 33.7. The number of carbonyl (C=O) groups excluding carboxylic acids is 4. The molecule has 0 unspecified atom stereocenters. The smallest absolute Gasteiger partial charge is 0.308 e. The van der Waals surface area contributed by atoms with Crippen molar-refractivity contribution in [3.63, 3.8) is 0 Å². The average Bonchev–Trinajstić information content (AvgIpc) is 3.00. The summed E-state index contributed by atoms with van der Waals surface area (Å²) in [4.78, 5) is 59.0. The summed E-state index contributed by atoms with van der Waals surface area (Å²) in [6, 6.07) is 11.6. The highest BCUT2D eigenvalue weighted by atomic mass is 19.1. The van der Waals surface area contributed by atoms with Crippen molar-refractivity contribution in [1.29, 1.82) is 0 Å². The van der Waals surface area contributed by atoms with Gasteiger partial charge in [-0.25, -0.2) is 9.37 Å². The van der Waals surface area contributed by atoms with Crippen molar-refractivity contribution >= 4 is 34.8 Å². The molecule has 2 aromatic carbocycles. The highest BCUT2D eigenvalue weighted by Gasteiger charge is 2.30. The quantitative estimate of drug-likeness (QED) is 0.138. The topological polar surface area (TPSA) is 180 Å². The number of ether oxygens (including phenoxy) is 3. The summed E-state index contributed by atoms with van der Waals surface area (Å²) in [6.07, 6.45) is -0.0132. The number of nitrogens with one attached hydrogen (secondary N) is 1. The van der Waals surface area contributed by atoms with E-state index in [0.29, 0.717) is 23.0 Å². The molecule has 0 radical (unpaired) electrons. The van der Waals surface area contributed by atoms with Crippen molar-refractivity contribution in [3.8, 4) is 0 Å². The molecule has 0 saturated carbocycles. The molecule has 0 aliphatic heterocycles. The first-order valence-corrected chi connectivity index (χ1v) is 15.1. The standard InChI is InChI=1S/C33H41FN4O8/c1-4-44-28(39)12-13-29(40)46-32(45-17-15-22(30(35)41)14-16-33(2,3)43)26(19-21-8-7-9-23(34)18-21)38-31(42)27-20-36-24-10-5-6-11-25(24)37-27/h5-11,18,20,22,26,32,43H,4,12-17,19H2,1-3H3,(H2,35,41)(H,38,42)/t22-,26+,32+/m1/s1. The Morgan fingerprint density at radius 3 is 2.41 bits per heavy atom. The number of esters is 2. The Balaban J connectivity index is 1.87. The van der Waals surface area contributed by atoms with Gasteiger partial charge >= 0.3 is 11.9 Å². The number of hydrogen-bond donors (Lipinski definition) is 3. The number of fused-ring (bicyclic) bond motifs is 1. The zero-order valence-corrected chi connectivity index (χ0v) is 26.2. The van der Waals surface area contributed by atoms with Gasteiger partial charge in [0.15, 0.2) is 0 Å². The monoisotopic (exact) mass is 640 g/mol. The van der Waals surface area contributed by atoms with Crippen LogP contribution in [0.25, 0.3) is 11.0 Å². The SMILES string of the molecule is CCOC(=O)CCC(=O)O[C@H](OCC[C@@H](CCC(C)(C)O)C(N)=O)[C@H](Cc1cccc(F)c1)NC(=O)c1cnc2ccccc2n1. The number of aromatic nitrogens is 2. The molecule has 1 aromatic heterocycles. The van der Waals surface area contributed by atoms with Gasteiger partial charge in [0.2, 0.25) is 12.2 Å². The number of halogens is 1. The summed E-state index contributed by atoms with van der Waals surface area (Å²) in [5, 5.41) is 12.9. The van der Waals surface area contributed by atoms with Crippen LogP contribution in [0.4, 0.5) is 4.39 Å². The minimum Gasteiger partial charge on any atom is -0.466 e. The third-order valence-corrected chi connectivity index (χ3v) is 7.01. The van der Waals surface area contributed by atoms with Gasteiger partial charge in [-0.05, 0) is 76.3 Å². The van der Waals surface area contributed by atoms with Gasteiger partial charge in [-0.15, -0.1) is 0 Å². The molecular formula is C33H41FN4O8. The lowest BCUT2D eigenvalue weighted by molar-refractivity contribution is -0.187. The van der Waals surface area contributed by atoms with Crippen LogP contribution in [0.1, 0.15) is 68.9 Å². The van der Waals surface area contributed by atoms with E-state index in [2.05, 4.69) is 15.3 Å². The van der Waals surface area contributed by atoms with Gasteiger partial charge in [0.05, 0.1) is 54.9 Å². The van der Waals surface area contributed by atoms with Crippen LogP contribution in [0.15, 0.2) is 54.7 Å². The minimum absolute atomic E-state index is 0.0178. The van der Waals surface area contributed by atoms with Crippen LogP contribution in [0, 0.1) is 11.7 Å². The first-order chi connectivity index (χ1) is 21.8. The number of carbonyl (C=O) groups is 4. The molecule has 12 nitrogen and oxygen atoms in total. The first-order valence-electron chi connectivity index (χ1n) is 15.1. The molecule has 0 fully saturated rings. The number of nitrogens with two attached hydrogens (primary N) is 1. The number of hydrogen-bond acceptors (Lipinski definition) is 10. The largest absolute Gasteiger partial charge is 0.466 e. The average molecular weight is 641 g/mol. The molecule has 0 saturated heterocycles. The van der Waals surface area contributed by atoms with Crippen LogP contribution in [0.3, 0.4) is 0 Å². The van der Waals surface area contributed by atoms with E-state index in [1.165, 1.54) is 24.4 Å². The molecule has 0 spiro atoms. The fourth-order valence-electron chi connectivity index (χ4n) is 4.58. The van der Waals surface area contributed by atoms with Crippen LogP contribution < -0.4 is 11.1 Å². The number of primary amides is 1. The predicted octanol–water partition coefficient (Wildman–Crippen LogP) is 3.38. The van der Waals surface area contributed by atoms with E-state index in [0.717, 1.165) is 0 Å². The summed E-state index contributed by atoms with van der Waals surface area (Å²) >= 11 is 0. The van der Waals surface area contributed by atoms with Crippen molar-refractivity contribution < 1.29 is 42.9 Å². The van der Waals surface area contributed by atoms with E-state index in [1.807, 2.05) is 0 Å². The van der Waals surface area contributed by atoms with Gasteiger partial charge in [0, 0.05) is 5.92 Å². The second-order valence-corrected chi connectivity index (χ2v) is 11.4. The fourth-order valence-corrected chi connectivity index (χ4v) is 4.58. The number of nitrogens with zero attached hydrogens (tertiary/aromatic N) is 2. The summed E-state index contributed by atoms with van der Waals surface area (Å²) in [7, 11) is 0. The van der Waals surface area contributed by atoms with E-state index >= 15 is 0 Å². The van der Waals surface area contributed by atoms with Crippen molar-refractivity contribution in [2.75, 3.05) is 13.2 Å². The molecule has 13 heteroatoms. The molecule has 3 aromatic rings. The number of aliphatic hydroxyl groups is 1. The maximum absolute atomic E-state index is 14.1. The Labute approximate surface area is 266 Å². The highest BCUT2D eigenvalue weighted by Crippen LogP contribution is 2.20. The lowest BCUT2D eigenvalue weighted by atomic mass is 9.92. The van der Waals surface area contributed by atoms with Crippen LogP contribution in [-0.4, -0.2) is 70.0 Å². The van der Waals surface area contributed by atoms with Crippen LogP contribution in [0.5, 0.6) is 0 Å². The normalized spacial score (nSPS) is 13.4. The number of rotatable bonds is 18. The fraction of sp³-hybridized carbons (Fsp3) is 0.455. The van der Waals surface area contributed by atoms with Crippen molar-refractivity contribution in [2.24, 2.45) is 11.7 Å². The first kappa shape index (κ1) is 36.0. The Hall–Kier alpha value is -4.49. The molecule has 248 valence electrons. The van der Waals surface area contributed by atoms with Crippen LogP contribution in [0.2, 0.25) is 0 Å². The molecular weight excluding hydrogens is 599 g/mol. The van der Waals surface area contributed by atoms with E-state index in [4.69, 9.17) is 19.9 Å². The van der Waals surface area contributed by atoms with Gasteiger partial charge in [-0.3, -0.25) is 24.2 Å².